The average molecular weight is 407 g/mol. The van der Waals surface area contributed by atoms with Crippen LogP contribution in [0.15, 0.2) is 58.8 Å². The number of ether oxygens (including phenoxy) is 1. The number of phenols is 1. The molecule has 0 spiro atoms. The lowest BCUT2D eigenvalue weighted by molar-refractivity contribution is -0.134. The van der Waals surface area contributed by atoms with Crippen LogP contribution in [-0.2, 0) is 4.79 Å². The van der Waals surface area contributed by atoms with Gasteiger partial charge in [-0.2, -0.15) is 15.5 Å². The molecule has 2 aromatic rings. The Morgan fingerprint density at radius 3 is 2.20 bits per heavy atom. The summed E-state index contributed by atoms with van der Waals surface area (Å²) in [5.41, 5.74) is -1.32. The van der Waals surface area contributed by atoms with E-state index in [-0.39, 0.29) is 35.5 Å². The Morgan fingerprint density at radius 1 is 1.00 bits per heavy atom. The molecule has 7 nitrogen and oxygen atoms in total. The van der Waals surface area contributed by atoms with E-state index < -0.39 is 22.8 Å². The fourth-order valence-electron chi connectivity index (χ4n) is 2.46. The van der Waals surface area contributed by atoms with Crippen LogP contribution in [-0.4, -0.2) is 27.9 Å². The third kappa shape index (κ3) is 6.24. The van der Waals surface area contributed by atoms with Crippen LogP contribution >= 0.6 is 0 Å². The highest BCUT2D eigenvalue weighted by molar-refractivity contribution is 6.12. The van der Waals surface area contributed by atoms with E-state index in [1.54, 1.807) is 31.2 Å². The maximum Gasteiger partial charge on any atom is 0.311 e. The number of carbonyl (C=O) groups is 2. The third-order valence-electron chi connectivity index (χ3n) is 4.13. The van der Waals surface area contributed by atoms with Gasteiger partial charge < -0.3 is 9.84 Å². The number of carbonyl (C=O) groups excluding carboxylic acids is 2. The first kappa shape index (κ1) is 22.8. The van der Waals surface area contributed by atoms with Gasteiger partial charge in [0.05, 0.1) is 22.7 Å². The van der Waals surface area contributed by atoms with Gasteiger partial charge in [0.15, 0.2) is 11.3 Å². The number of rotatable bonds is 7. The third-order valence-corrected chi connectivity index (χ3v) is 4.13. The predicted octanol–water partition coefficient (Wildman–Crippen LogP) is 4.84. The van der Waals surface area contributed by atoms with E-state index in [9.17, 15) is 20.0 Å². The van der Waals surface area contributed by atoms with Crippen molar-refractivity contribution >= 4 is 11.8 Å². The lowest BCUT2D eigenvalue weighted by Gasteiger charge is -2.18. The molecule has 0 aliphatic rings. The van der Waals surface area contributed by atoms with Crippen molar-refractivity contribution in [2.45, 2.75) is 51.6 Å². The lowest BCUT2D eigenvalue weighted by atomic mass is 9.99. The van der Waals surface area contributed by atoms with Gasteiger partial charge in [-0.05, 0) is 58.4 Å². The molecule has 156 valence electrons. The summed E-state index contributed by atoms with van der Waals surface area (Å²) in [6, 6.07) is 14.5. The molecular formula is C23H25N3O4. The summed E-state index contributed by atoms with van der Waals surface area (Å²) >= 11 is 0. The van der Waals surface area contributed by atoms with Crippen LogP contribution in [0.5, 0.6) is 11.5 Å². The molecule has 2 aromatic carbocycles. The molecule has 1 unspecified atom stereocenters. The number of nitrogens with zero attached hydrogens (tertiary/aromatic N) is 3. The lowest BCUT2D eigenvalue weighted by Crippen LogP contribution is -2.23. The number of azo groups is 1. The summed E-state index contributed by atoms with van der Waals surface area (Å²) in [6.45, 7) is 7.19. The summed E-state index contributed by atoms with van der Waals surface area (Å²) in [6.07, 6.45) is 0.0455. The van der Waals surface area contributed by atoms with Crippen LogP contribution in [0.1, 0.15) is 56.5 Å². The first-order chi connectivity index (χ1) is 14.0. The van der Waals surface area contributed by atoms with Crippen LogP contribution in [0, 0.1) is 11.3 Å². The van der Waals surface area contributed by atoms with Gasteiger partial charge in [0.25, 0.3) is 0 Å². The molecule has 0 saturated heterocycles. The molecule has 7 heteroatoms. The largest absolute Gasteiger partial charge is 0.507 e. The summed E-state index contributed by atoms with van der Waals surface area (Å²) in [5.74, 6) is -1.12. The quantitative estimate of drug-likeness (QED) is 0.305. The van der Waals surface area contributed by atoms with Gasteiger partial charge in [-0.15, -0.1) is 0 Å². The van der Waals surface area contributed by atoms with Crippen molar-refractivity contribution < 1.29 is 19.4 Å². The number of nitriles is 1. The summed E-state index contributed by atoms with van der Waals surface area (Å²) < 4.78 is 5.39. The monoisotopic (exact) mass is 407 g/mol. The Kier molecular flexibility index (Phi) is 7.06. The van der Waals surface area contributed by atoms with Crippen molar-refractivity contribution in [3.63, 3.8) is 0 Å². The van der Waals surface area contributed by atoms with Gasteiger partial charge in [0.1, 0.15) is 11.5 Å². The topological polar surface area (TPSA) is 112 Å². The van der Waals surface area contributed by atoms with Crippen molar-refractivity contribution in [1.29, 1.82) is 5.26 Å². The standard InChI is InChI=1S/C23H25N3O4/c1-22(2,3)25-26-23(4,15-24)14-13-20(28)30-19-12-8-6-10-17(19)21(29)16-9-5-7-11-18(16)27/h5-12,27H,13-14H2,1-4H3/b26-25+. The Balaban J connectivity index is 2.13. The molecule has 0 aliphatic heterocycles. The SMILES string of the molecule is CC(C)(C)/N=N/C(C)(C#N)CCC(=O)Oc1ccccc1C(=O)c1ccccc1O. The van der Waals surface area contributed by atoms with E-state index in [2.05, 4.69) is 16.3 Å². The number of hydrogen-bond acceptors (Lipinski definition) is 7. The van der Waals surface area contributed by atoms with Gasteiger partial charge in [-0.3, -0.25) is 9.59 Å². The van der Waals surface area contributed by atoms with Crippen LogP contribution in [0.25, 0.3) is 0 Å². The van der Waals surface area contributed by atoms with Crippen LogP contribution < -0.4 is 4.74 Å². The number of benzene rings is 2. The number of esters is 1. The molecule has 0 fully saturated rings. The van der Waals surface area contributed by atoms with Gasteiger partial charge >= 0.3 is 5.97 Å². The Hall–Kier alpha value is -3.53. The second-order valence-electron chi connectivity index (χ2n) is 8.07. The minimum Gasteiger partial charge on any atom is -0.507 e. The molecule has 1 atom stereocenters. The maximum absolute atomic E-state index is 12.8. The van der Waals surface area contributed by atoms with Gasteiger partial charge in [0.2, 0.25) is 0 Å². The van der Waals surface area contributed by atoms with E-state index in [4.69, 9.17) is 4.74 Å². The number of hydrogen-bond donors (Lipinski definition) is 1. The molecule has 0 bridgehead atoms. The van der Waals surface area contributed by atoms with E-state index >= 15 is 0 Å². The molecule has 30 heavy (non-hydrogen) atoms. The number of aromatic hydroxyl groups is 1. The molecule has 1 N–H and O–H groups in total. The number of para-hydroxylation sites is 2. The van der Waals surface area contributed by atoms with E-state index in [0.717, 1.165) is 0 Å². The number of phenolic OH excluding ortho intramolecular Hbond substituents is 1. The van der Waals surface area contributed by atoms with Crippen LogP contribution in [0.2, 0.25) is 0 Å². The van der Waals surface area contributed by atoms with Crippen molar-refractivity contribution in [3.8, 4) is 17.6 Å². The average Bonchev–Trinajstić information content (AvgIpc) is 2.70. The molecule has 2 rings (SSSR count). The fourth-order valence-corrected chi connectivity index (χ4v) is 2.46. The summed E-state index contributed by atoms with van der Waals surface area (Å²) in [4.78, 5) is 25.2. The van der Waals surface area contributed by atoms with E-state index in [1.807, 2.05) is 20.8 Å². The summed E-state index contributed by atoms with van der Waals surface area (Å²) in [5, 5.41) is 27.6. The molecule has 0 radical (unpaired) electrons. The molecule has 0 aliphatic carbocycles. The Labute approximate surface area is 176 Å². The fraction of sp³-hybridized carbons (Fsp3) is 0.348. The zero-order valence-corrected chi connectivity index (χ0v) is 17.5. The first-order valence-corrected chi connectivity index (χ1v) is 9.52. The molecule has 0 aromatic heterocycles. The second-order valence-corrected chi connectivity index (χ2v) is 8.07. The van der Waals surface area contributed by atoms with E-state index in [0.29, 0.717) is 0 Å². The van der Waals surface area contributed by atoms with Gasteiger partial charge in [-0.25, -0.2) is 0 Å². The van der Waals surface area contributed by atoms with Crippen LogP contribution in [0.3, 0.4) is 0 Å². The van der Waals surface area contributed by atoms with Crippen molar-refractivity contribution in [2.24, 2.45) is 10.2 Å². The van der Waals surface area contributed by atoms with E-state index in [1.165, 1.54) is 24.3 Å². The highest BCUT2D eigenvalue weighted by Gasteiger charge is 2.27. The Bertz CT molecular complexity index is 1000. The molecule has 0 saturated carbocycles. The van der Waals surface area contributed by atoms with Crippen molar-refractivity contribution in [3.05, 3.63) is 59.7 Å². The predicted molar refractivity (Wildman–Crippen MR) is 111 cm³/mol. The molecular weight excluding hydrogens is 382 g/mol. The highest BCUT2D eigenvalue weighted by Crippen LogP contribution is 2.27. The van der Waals surface area contributed by atoms with Crippen molar-refractivity contribution in [2.75, 3.05) is 0 Å². The minimum absolute atomic E-state index is 0.0770. The van der Waals surface area contributed by atoms with Gasteiger partial charge in [-0.1, -0.05) is 24.3 Å². The Morgan fingerprint density at radius 2 is 1.60 bits per heavy atom. The van der Waals surface area contributed by atoms with Crippen LogP contribution in [0.4, 0.5) is 0 Å². The zero-order valence-electron chi connectivity index (χ0n) is 17.5. The maximum atomic E-state index is 12.8. The van der Waals surface area contributed by atoms with Gasteiger partial charge in [0, 0.05) is 6.42 Å². The normalized spacial score (nSPS) is 13.4. The zero-order chi connectivity index (χ0) is 22.4. The highest BCUT2D eigenvalue weighted by atomic mass is 16.5. The minimum atomic E-state index is -1.16. The van der Waals surface area contributed by atoms with Crippen molar-refractivity contribution in [1.82, 2.24) is 0 Å². The smallest absolute Gasteiger partial charge is 0.311 e. The second kappa shape index (κ2) is 9.31. The molecule has 0 amide bonds. The number of ketones is 1. The summed E-state index contributed by atoms with van der Waals surface area (Å²) in [7, 11) is 0. The molecule has 0 heterocycles. The first-order valence-electron chi connectivity index (χ1n) is 9.52.